The number of benzene rings is 3. The van der Waals surface area contributed by atoms with Crippen molar-refractivity contribution in [2.75, 3.05) is 0 Å². The molecule has 0 heterocycles. The van der Waals surface area contributed by atoms with Crippen molar-refractivity contribution in [3.8, 4) is 22.3 Å². The van der Waals surface area contributed by atoms with Gasteiger partial charge >= 0.3 is 29.6 Å². The summed E-state index contributed by atoms with van der Waals surface area (Å²) in [6.45, 7) is 0. The molecule has 0 spiro atoms. The fourth-order valence-corrected chi connectivity index (χ4v) is 3.11. The first-order valence-corrected chi connectivity index (χ1v) is 7.70. The number of carbonyl (C=O) groups is 3. The van der Waals surface area contributed by atoms with E-state index in [0.717, 1.165) is 22.3 Å². The van der Waals surface area contributed by atoms with Gasteiger partial charge in [0.15, 0.2) is 0 Å². The average molecular weight is 350 g/mol. The number of aromatic carboxylic acids is 1. The smallest absolute Gasteiger partial charge is 0.545 e. The van der Waals surface area contributed by atoms with Gasteiger partial charge in [-0.3, -0.25) is 9.59 Å². The van der Waals surface area contributed by atoms with Gasteiger partial charge in [-0.05, 0) is 33.9 Å². The van der Waals surface area contributed by atoms with E-state index in [1.165, 1.54) is 12.1 Å². The van der Waals surface area contributed by atoms with Crippen LogP contribution in [0.5, 0.6) is 0 Å². The molecule has 0 fully saturated rings. The second-order valence-corrected chi connectivity index (χ2v) is 5.83. The first-order valence-electron chi connectivity index (χ1n) is 7.70. The number of hydrogen-bond donors (Lipinski definition) is 0. The van der Waals surface area contributed by atoms with Crippen molar-refractivity contribution in [3.63, 3.8) is 0 Å². The van der Waals surface area contributed by atoms with E-state index in [0.29, 0.717) is 11.1 Å². The van der Waals surface area contributed by atoms with Crippen LogP contribution in [0.2, 0.25) is 0 Å². The molecule has 0 saturated carbocycles. The van der Waals surface area contributed by atoms with Gasteiger partial charge in [0.1, 0.15) is 0 Å². The van der Waals surface area contributed by atoms with Crippen LogP contribution in [-0.2, 0) is 0 Å². The third kappa shape index (κ3) is 2.92. The number of carbonyl (C=O) groups excluding carboxylic acids is 3. The molecule has 0 bridgehead atoms. The van der Waals surface area contributed by atoms with Crippen molar-refractivity contribution in [2.24, 2.45) is 0 Å². The largest absolute Gasteiger partial charge is 1.00 e. The molecule has 4 rings (SSSR count). The summed E-state index contributed by atoms with van der Waals surface area (Å²) in [4.78, 5) is 35.6. The number of Topliss-reactive ketones (excluding diaryl/α,β-unsaturated/α-hetero) is 2. The molecule has 0 aromatic heterocycles. The quantitative estimate of drug-likeness (QED) is 0.473. The minimum atomic E-state index is -1.24. The molecular formula is C21H11NaO4. The molecule has 1 aliphatic carbocycles. The van der Waals surface area contributed by atoms with E-state index < -0.39 is 17.5 Å². The molecule has 4 nitrogen and oxygen atoms in total. The van der Waals surface area contributed by atoms with Crippen LogP contribution in [0, 0.1) is 0 Å². The Bertz CT molecular complexity index is 1050. The van der Waals surface area contributed by atoms with Crippen molar-refractivity contribution in [3.05, 3.63) is 83.4 Å². The van der Waals surface area contributed by atoms with E-state index in [1.807, 2.05) is 24.3 Å². The van der Waals surface area contributed by atoms with Gasteiger partial charge in [0, 0.05) is 11.1 Å². The minimum absolute atomic E-state index is 0. The molecule has 5 heteroatoms. The van der Waals surface area contributed by atoms with Gasteiger partial charge in [-0.1, -0.05) is 60.7 Å². The van der Waals surface area contributed by atoms with Crippen LogP contribution in [0.3, 0.4) is 0 Å². The van der Waals surface area contributed by atoms with Crippen LogP contribution >= 0.6 is 0 Å². The Hall–Kier alpha value is -2.53. The second-order valence-electron chi connectivity index (χ2n) is 5.83. The van der Waals surface area contributed by atoms with E-state index in [1.54, 1.807) is 30.3 Å². The van der Waals surface area contributed by atoms with E-state index in [9.17, 15) is 19.5 Å². The Balaban J connectivity index is 0.00000196. The fraction of sp³-hybridized carbons (Fsp3) is 0. The van der Waals surface area contributed by atoms with Gasteiger partial charge in [0.25, 0.3) is 0 Å². The van der Waals surface area contributed by atoms with Crippen LogP contribution in [0.25, 0.3) is 22.3 Å². The van der Waals surface area contributed by atoms with Crippen LogP contribution in [0.4, 0.5) is 0 Å². The SMILES string of the molecule is O=C([O-])c1ccc(-c2ccc3c(c2)C(=O)C(=O)c2ccccc2-3)cc1.[Na+]. The third-order valence-electron chi connectivity index (χ3n) is 4.39. The van der Waals surface area contributed by atoms with Crippen molar-refractivity contribution in [2.45, 2.75) is 0 Å². The van der Waals surface area contributed by atoms with Crippen molar-refractivity contribution >= 4 is 17.5 Å². The molecule has 0 saturated heterocycles. The van der Waals surface area contributed by atoms with Gasteiger partial charge in [-0.25, -0.2) is 0 Å². The first-order chi connectivity index (χ1) is 12.1. The zero-order chi connectivity index (χ0) is 17.6. The topological polar surface area (TPSA) is 74.3 Å². The number of carboxylic acids is 1. The molecule has 0 aliphatic heterocycles. The monoisotopic (exact) mass is 350 g/mol. The maximum Gasteiger partial charge on any atom is 1.00 e. The molecule has 0 radical (unpaired) electrons. The average Bonchev–Trinajstić information content (AvgIpc) is 2.66. The Morgan fingerprint density at radius 1 is 0.654 bits per heavy atom. The van der Waals surface area contributed by atoms with E-state index in [2.05, 4.69) is 0 Å². The molecule has 26 heavy (non-hydrogen) atoms. The number of rotatable bonds is 2. The van der Waals surface area contributed by atoms with Crippen LogP contribution in [0.15, 0.2) is 66.7 Å². The van der Waals surface area contributed by atoms with Crippen LogP contribution < -0.4 is 34.7 Å². The second kappa shape index (κ2) is 7.00. The van der Waals surface area contributed by atoms with Gasteiger partial charge < -0.3 is 9.90 Å². The first kappa shape index (κ1) is 18.3. The molecule has 0 amide bonds. The van der Waals surface area contributed by atoms with Gasteiger partial charge in [-0.15, -0.1) is 0 Å². The molecule has 0 unspecified atom stereocenters. The van der Waals surface area contributed by atoms with Crippen molar-refractivity contribution in [1.29, 1.82) is 0 Å². The normalized spacial score (nSPS) is 12.0. The van der Waals surface area contributed by atoms with Gasteiger partial charge in [0.05, 0.1) is 5.97 Å². The maximum atomic E-state index is 12.5. The maximum absolute atomic E-state index is 12.5. The fourth-order valence-electron chi connectivity index (χ4n) is 3.11. The Morgan fingerprint density at radius 3 is 1.85 bits per heavy atom. The van der Waals surface area contributed by atoms with Gasteiger partial charge in [-0.2, -0.15) is 0 Å². The predicted octanol–water partition coefficient (Wildman–Crippen LogP) is -0.233. The Labute approximate surface area is 171 Å². The summed E-state index contributed by atoms with van der Waals surface area (Å²) in [6.07, 6.45) is 0. The number of fused-ring (bicyclic) bond motifs is 3. The number of ketones is 2. The molecule has 3 aromatic carbocycles. The molecular weight excluding hydrogens is 339 g/mol. The molecule has 120 valence electrons. The molecule has 0 N–H and O–H groups in total. The van der Waals surface area contributed by atoms with Crippen molar-refractivity contribution < 1.29 is 49.0 Å². The summed E-state index contributed by atoms with van der Waals surface area (Å²) in [5.41, 5.74) is 3.85. The zero-order valence-electron chi connectivity index (χ0n) is 14.0. The Morgan fingerprint density at radius 2 is 1.19 bits per heavy atom. The number of hydrogen-bond acceptors (Lipinski definition) is 4. The number of carboxylic acid groups (broad SMARTS) is 1. The van der Waals surface area contributed by atoms with E-state index >= 15 is 0 Å². The summed E-state index contributed by atoms with van der Waals surface area (Å²) in [7, 11) is 0. The Kier molecular flexibility index (Phi) is 4.92. The summed E-state index contributed by atoms with van der Waals surface area (Å²) in [6, 6.07) is 18.6. The molecule has 0 atom stereocenters. The summed E-state index contributed by atoms with van der Waals surface area (Å²) in [5, 5.41) is 10.8. The molecule has 3 aromatic rings. The molecule has 1 aliphatic rings. The van der Waals surface area contributed by atoms with E-state index in [-0.39, 0.29) is 35.1 Å². The third-order valence-corrected chi connectivity index (χ3v) is 4.39. The summed E-state index contributed by atoms with van der Waals surface area (Å²) >= 11 is 0. The zero-order valence-corrected chi connectivity index (χ0v) is 16.0. The summed E-state index contributed by atoms with van der Waals surface area (Å²) < 4.78 is 0. The predicted molar refractivity (Wildman–Crippen MR) is 90.3 cm³/mol. The van der Waals surface area contributed by atoms with Crippen LogP contribution in [-0.4, -0.2) is 17.5 Å². The summed E-state index contributed by atoms with van der Waals surface area (Å²) in [5.74, 6) is -2.27. The van der Waals surface area contributed by atoms with Gasteiger partial charge in [0.2, 0.25) is 11.6 Å². The van der Waals surface area contributed by atoms with Crippen molar-refractivity contribution in [1.82, 2.24) is 0 Å². The minimum Gasteiger partial charge on any atom is -0.545 e. The van der Waals surface area contributed by atoms with Crippen LogP contribution in [0.1, 0.15) is 31.1 Å². The van der Waals surface area contributed by atoms with E-state index in [4.69, 9.17) is 0 Å². The standard InChI is InChI=1S/C21H12O4.Na/c22-19-17-4-2-1-3-15(17)16-10-9-14(11-18(16)20(19)23)12-5-7-13(8-6-12)21(24)25;/h1-11H,(H,24,25);/q;+1/p-1.